The van der Waals surface area contributed by atoms with Gasteiger partial charge in [-0.05, 0) is 36.3 Å². The summed E-state index contributed by atoms with van der Waals surface area (Å²) in [7, 11) is 0. The molecule has 2 aromatic rings. The Bertz CT molecular complexity index is 945. The first kappa shape index (κ1) is 18.7. The van der Waals surface area contributed by atoms with Gasteiger partial charge in [-0.25, -0.2) is 0 Å². The number of hydrogen-bond acceptors (Lipinski definition) is 4. The van der Waals surface area contributed by atoms with Gasteiger partial charge in [-0.1, -0.05) is 66.8 Å². The van der Waals surface area contributed by atoms with Crippen LogP contribution < -0.4 is 10.5 Å². The van der Waals surface area contributed by atoms with Gasteiger partial charge in [0, 0.05) is 12.0 Å². The topological polar surface area (TPSA) is 69.4 Å². The number of rotatable bonds is 5. The van der Waals surface area contributed by atoms with Crippen LogP contribution in [0.4, 0.5) is 0 Å². The van der Waals surface area contributed by atoms with E-state index in [-0.39, 0.29) is 17.2 Å². The second-order valence-electron chi connectivity index (χ2n) is 6.43. The number of esters is 1. The molecule has 0 aromatic heterocycles. The fourth-order valence-electron chi connectivity index (χ4n) is 2.97. The number of carbonyl (C=O) groups is 2. The Kier molecular flexibility index (Phi) is 5.33. The summed E-state index contributed by atoms with van der Waals surface area (Å²) in [6.07, 6.45) is 5.20. The molecule has 3 rings (SSSR count). The average Bonchev–Trinajstić information content (AvgIpc) is 2.68. The number of benzene rings is 2. The number of ketones is 1. The summed E-state index contributed by atoms with van der Waals surface area (Å²) in [6, 6.07) is 16.1. The SMILES string of the molecule is CC(C(=O)Oc1ccccc1)(C1=CCC(=O)C=C1)c1ccc(C(N)=S)cc1. The van der Waals surface area contributed by atoms with E-state index in [1.54, 1.807) is 55.5 Å². The Labute approximate surface area is 163 Å². The van der Waals surface area contributed by atoms with Crippen LogP contribution in [0.1, 0.15) is 24.5 Å². The first-order valence-electron chi connectivity index (χ1n) is 8.50. The van der Waals surface area contributed by atoms with Crippen molar-refractivity contribution in [3.8, 4) is 5.75 Å². The van der Waals surface area contributed by atoms with E-state index in [9.17, 15) is 9.59 Å². The van der Waals surface area contributed by atoms with Gasteiger partial charge < -0.3 is 10.5 Å². The van der Waals surface area contributed by atoms with E-state index in [2.05, 4.69) is 0 Å². The van der Waals surface area contributed by atoms with E-state index in [4.69, 9.17) is 22.7 Å². The number of allylic oxidation sites excluding steroid dienone is 3. The highest BCUT2D eigenvalue weighted by atomic mass is 32.1. The van der Waals surface area contributed by atoms with Gasteiger partial charge in [0.2, 0.25) is 0 Å². The molecule has 0 heterocycles. The van der Waals surface area contributed by atoms with Crippen LogP contribution in [0.5, 0.6) is 5.75 Å². The molecule has 1 unspecified atom stereocenters. The highest BCUT2D eigenvalue weighted by molar-refractivity contribution is 7.80. The van der Waals surface area contributed by atoms with Crippen molar-refractivity contribution in [1.29, 1.82) is 0 Å². The molecule has 1 aliphatic carbocycles. The van der Waals surface area contributed by atoms with Gasteiger partial charge in [0.25, 0.3) is 0 Å². The van der Waals surface area contributed by atoms with Crippen LogP contribution in [0, 0.1) is 0 Å². The van der Waals surface area contributed by atoms with Crippen LogP contribution in [0.3, 0.4) is 0 Å². The monoisotopic (exact) mass is 377 g/mol. The van der Waals surface area contributed by atoms with E-state index in [0.717, 1.165) is 11.1 Å². The number of hydrogen-bond donors (Lipinski definition) is 1. The van der Waals surface area contributed by atoms with Gasteiger partial charge in [-0.3, -0.25) is 9.59 Å². The van der Waals surface area contributed by atoms with Crippen molar-refractivity contribution in [1.82, 2.24) is 0 Å². The van der Waals surface area contributed by atoms with Gasteiger partial charge in [0.05, 0.1) is 0 Å². The van der Waals surface area contributed by atoms with Crippen LogP contribution in [0.25, 0.3) is 0 Å². The minimum atomic E-state index is -1.08. The number of para-hydroxylation sites is 1. The van der Waals surface area contributed by atoms with E-state index < -0.39 is 11.4 Å². The van der Waals surface area contributed by atoms with Crippen LogP contribution in [0.15, 0.2) is 78.4 Å². The van der Waals surface area contributed by atoms with Crippen molar-refractivity contribution in [3.05, 3.63) is 89.5 Å². The molecule has 0 spiro atoms. The number of carbonyl (C=O) groups excluding carboxylic acids is 2. The minimum absolute atomic E-state index is 0.00125. The summed E-state index contributed by atoms with van der Waals surface area (Å²) in [5.74, 6) is 0.0355. The maximum Gasteiger partial charge on any atom is 0.326 e. The normalized spacial score (nSPS) is 15.6. The van der Waals surface area contributed by atoms with Gasteiger partial charge in [-0.15, -0.1) is 0 Å². The lowest BCUT2D eigenvalue weighted by atomic mass is 9.74. The third-order valence-electron chi connectivity index (χ3n) is 4.66. The molecule has 136 valence electrons. The van der Waals surface area contributed by atoms with Crippen molar-refractivity contribution >= 4 is 29.0 Å². The first-order chi connectivity index (χ1) is 12.9. The number of nitrogens with two attached hydrogens (primary N) is 1. The van der Waals surface area contributed by atoms with Gasteiger partial charge >= 0.3 is 5.97 Å². The average molecular weight is 377 g/mol. The highest BCUT2D eigenvalue weighted by Crippen LogP contribution is 2.36. The van der Waals surface area contributed by atoms with Crippen LogP contribution >= 0.6 is 12.2 Å². The quantitative estimate of drug-likeness (QED) is 0.489. The second kappa shape index (κ2) is 7.68. The molecule has 0 amide bonds. The fraction of sp³-hybridized carbons (Fsp3) is 0.136. The first-order valence-corrected chi connectivity index (χ1v) is 8.91. The maximum absolute atomic E-state index is 13.2. The van der Waals surface area contributed by atoms with E-state index in [1.165, 1.54) is 6.08 Å². The zero-order chi connectivity index (χ0) is 19.4. The van der Waals surface area contributed by atoms with Crippen molar-refractivity contribution in [2.45, 2.75) is 18.8 Å². The molecule has 5 heteroatoms. The van der Waals surface area contributed by atoms with E-state index in [1.807, 2.05) is 18.2 Å². The molecular formula is C22H19NO3S. The Balaban J connectivity index is 2.03. The molecule has 0 aliphatic heterocycles. The largest absolute Gasteiger partial charge is 0.426 e. The molecule has 0 saturated heterocycles. The summed E-state index contributed by atoms with van der Waals surface area (Å²) in [6.45, 7) is 1.79. The molecule has 1 atom stereocenters. The molecule has 0 fully saturated rings. The highest BCUT2D eigenvalue weighted by Gasteiger charge is 2.40. The minimum Gasteiger partial charge on any atom is -0.426 e. The zero-order valence-corrected chi connectivity index (χ0v) is 15.7. The molecule has 2 aromatic carbocycles. The standard InChI is InChI=1S/C22H19NO3S/c1-22(17-11-13-18(24)14-12-17,16-9-7-15(8-10-16)20(23)27)21(25)26-19-5-3-2-4-6-19/h2-13H,14H2,1H3,(H2,23,27). The molecule has 0 bridgehead atoms. The number of thiocarbonyl (C=S) groups is 1. The Morgan fingerprint density at radius 1 is 1.07 bits per heavy atom. The van der Waals surface area contributed by atoms with E-state index in [0.29, 0.717) is 11.3 Å². The summed E-state index contributed by atoms with van der Waals surface area (Å²) >= 11 is 5.00. The lowest BCUT2D eigenvalue weighted by Gasteiger charge is -2.30. The molecule has 27 heavy (non-hydrogen) atoms. The Morgan fingerprint density at radius 2 is 1.74 bits per heavy atom. The zero-order valence-electron chi connectivity index (χ0n) is 14.8. The van der Waals surface area contributed by atoms with Crippen LogP contribution in [-0.2, 0) is 15.0 Å². The van der Waals surface area contributed by atoms with Crippen LogP contribution in [0.2, 0.25) is 0 Å². The summed E-state index contributed by atoms with van der Waals surface area (Å²) in [5.41, 5.74) is 6.75. The Morgan fingerprint density at radius 3 is 2.30 bits per heavy atom. The van der Waals surface area contributed by atoms with Gasteiger partial charge in [0.1, 0.15) is 16.2 Å². The van der Waals surface area contributed by atoms with Crippen molar-refractivity contribution < 1.29 is 14.3 Å². The van der Waals surface area contributed by atoms with Gasteiger partial charge in [-0.2, -0.15) is 0 Å². The summed E-state index contributed by atoms with van der Waals surface area (Å²) in [4.78, 5) is 25.1. The van der Waals surface area contributed by atoms with E-state index >= 15 is 0 Å². The lowest BCUT2D eigenvalue weighted by Crippen LogP contribution is -2.38. The lowest BCUT2D eigenvalue weighted by molar-refractivity contribution is -0.138. The van der Waals surface area contributed by atoms with Crippen molar-refractivity contribution in [3.63, 3.8) is 0 Å². The molecule has 0 radical (unpaired) electrons. The van der Waals surface area contributed by atoms with Crippen molar-refractivity contribution in [2.75, 3.05) is 0 Å². The molecule has 1 aliphatic rings. The Hall–Kier alpha value is -3.05. The number of ether oxygens (including phenoxy) is 1. The summed E-state index contributed by atoms with van der Waals surface area (Å²) in [5, 5.41) is 0. The second-order valence-corrected chi connectivity index (χ2v) is 6.87. The third-order valence-corrected chi connectivity index (χ3v) is 4.89. The van der Waals surface area contributed by atoms with Crippen LogP contribution in [-0.4, -0.2) is 16.7 Å². The molecule has 2 N–H and O–H groups in total. The predicted molar refractivity (Wildman–Crippen MR) is 109 cm³/mol. The molecule has 0 saturated carbocycles. The fourth-order valence-corrected chi connectivity index (χ4v) is 3.10. The van der Waals surface area contributed by atoms with Crippen molar-refractivity contribution in [2.24, 2.45) is 5.73 Å². The molecule has 4 nitrogen and oxygen atoms in total. The predicted octanol–water partition coefficient (Wildman–Crippen LogP) is 3.64. The summed E-state index contributed by atoms with van der Waals surface area (Å²) < 4.78 is 5.64. The van der Waals surface area contributed by atoms with Gasteiger partial charge in [0.15, 0.2) is 5.78 Å². The smallest absolute Gasteiger partial charge is 0.326 e. The third kappa shape index (κ3) is 3.88. The maximum atomic E-state index is 13.2. The molecular weight excluding hydrogens is 358 g/mol.